The number of nitrogens with one attached hydrogen (secondary N) is 2. The highest BCUT2D eigenvalue weighted by Gasteiger charge is 2.22. The molecule has 0 saturated heterocycles. The molecule has 0 saturated carbocycles. The zero-order valence-corrected chi connectivity index (χ0v) is 11.1. The van der Waals surface area contributed by atoms with Gasteiger partial charge in [-0.1, -0.05) is 13.8 Å². The maximum absolute atomic E-state index is 11.7. The Labute approximate surface area is 98.8 Å². The van der Waals surface area contributed by atoms with Crippen LogP contribution >= 0.6 is 0 Å². The van der Waals surface area contributed by atoms with Gasteiger partial charge in [0, 0.05) is 12.1 Å². The Morgan fingerprint density at radius 2 is 1.88 bits per heavy atom. The summed E-state index contributed by atoms with van der Waals surface area (Å²) in [6, 6.07) is -0.283. The van der Waals surface area contributed by atoms with Gasteiger partial charge in [0.1, 0.15) is 0 Å². The summed E-state index contributed by atoms with van der Waals surface area (Å²) in [7, 11) is 0. The molecule has 1 amide bonds. The van der Waals surface area contributed by atoms with Gasteiger partial charge < -0.3 is 10.4 Å². The highest BCUT2D eigenvalue weighted by molar-refractivity contribution is 5.81. The monoisotopic (exact) mass is 230 g/mol. The predicted octanol–water partition coefficient (Wildman–Crippen LogP) is 0.898. The first-order valence-electron chi connectivity index (χ1n) is 5.95. The number of aliphatic hydroxyl groups excluding tert-OH is 1. The maximum atomic E-state index is 11.7. The van der Waals surface area contributed by atoms with Crippen LogP contribution in [-0.2, 0) is 4.79 Å². The Kier molecular flexibility index (Phi) is 6.60. The van der Waals surface area contributed by atoms with Crippen LogP contribution in [0.3, 0.4) is 0 Å². The van der Waals surface area contributed by atoms with Crippen LogP contribution in [0.25, 0.3) is 0 Å². The van der Waals surface area contributed by atoms with E-state index in [4.69, 9.17) is 5.11 Å². The summed E-state index contributed by atoms with van der Waals surface area (Å²) < 4.78 is 0. The first-order valence-corrected chi connectivity index (χ1v) is 5.95. The SMILES string of the molecule is CC(C)CCNC(=O)C(C)NC(C)(C)CO. The number of carbonyl (C=O) groups is 1. The normalized spacial score (nSPS) is 13.9. The van der Waals surface area contributed by atoms with Gasteiger partial charge in [0.2, 0.25) is 5.91 Å². The van der Waals surface area contributed by atoms with Gasteiger partial charge >= 0.3 is 0 Å². The first kappa shape index (κ1) is 15.4. The molecule has 1 unspecified atom stereocenters. The molecule has 0 aliphatic carbocycles. The molecule has 4 heteroatoms. The largest absolute Gasteiger partial charge is 0.394 e. The topological polar surface area (TPSA) is 61.4 Å². The molecule has 0 heterocycles. The van der Waals surface area contributed by atoms with Crippen molar-refractivity contribution in [2.24, 2.45) is 5.92 Å². The van der Waals surface area contributed by atoms with Crippen LogP contribution in [0.2, 0.25) is 0 Å². The van der Waals surface area contributed by atoms with Crippen LogP contribution in [0, 0.1) is 5.92 Å². The molecule has 3 N–H and O–H groups in total. The van der Waals surface area contributed by atoms with Crippen molar-refractivity contribution in [3.05, 3.63) is 0 Å². The molecule has 0 rings (SSSR count). The van der Waals surface area contributed by atoms with E-state index in [1.165, 1.54) is 0 Å². The average Bonchev–Trinajstić information content (AvgIpc) is 2.16. The predicted molar refractivity (Wildman–Crippen MR) is 66.2 cm³/mol. The molecule has 96 valence electrons. The van der Waals surface area contributed by atoms with Gasteiger partial charge in [-0.25, -0.2) is 0 Å². The summed E-state index contributed by atoms with van der Waals surface area (Å²) in [5.41, 5.74) is -0.422. The Morgan fingerprint density at radius 1 is 1.31 bits per heavy atom. The van der Waals surface area contributed by atoms with E-state index in [2.05, 4.69) is 24.5 Å². The number of aliphatic hydroxyl groups is 1. The molecule has 0 radical (unpaired) electrons. The van der Waals surface area contributed by atoms with Crippen molar-refractivity contribution in [1.82, 2.24) is 10.6 Å². The molecule has 4 nitrogen and oxygen atoms in total. The fourth-order valence-corrected chi connectivity index (χ4v) is 1.33. The second-order valence-corrected chi connectivity index (χ2v) is 5.38. The van der Waals surface area contributed by atoms with Crippen LogP contribution in [-0.4, -0.2) is 35.7 Å². The van der Waals surface area contributed by atoms with Gasteiger partial charge in [0.05, 0.1) is 12.6 Å². The quantitative estimate of drug-likeness (QED) is 0.609. The van der Waals surface area contributed by atoms with Gasteiger partial charge in [-0.2, -0.15) is 0 Å². The Morgan fingerprint density at radius 3 is 2.31 bits per heavy atom. The van der Waals surface area contributed by atoms with Crippen molar-refractivity contribution in [3.63, 3.8) is 0 Å². The van der Waals surface area contributed by atoms with E-state index in [1.54, 1.807) is 0 Å². The van der Waals surface area contributed by atoms with Crippen molar-refractivity contribution < 1.29 is 9.90 Å². The zero-order valence-electron chi connectivity index (χ0n) is 11.1. The number of amides is 1. The third-order valence-corrected chi connectivity index (χ3v) is 2.42. The smallest absolute Gasteiger partial charge is 0.236 e. The highest BCUT2D eigenvalue weighted by Crippen LogP contribution is 2.02. The first-order chi connectivity index (χ1) is 7.28. The lowest BCUT2D eigenvalue weighted by atomic mass is 10.1. The molecule has 16 heavy (non-hydrogen) atoms. The number of hydrogen-bond acceptors (Lipinski definition) is 3. The maximum Gasteiger partial charge on any atom is 0.236 e. The zero-order chi connectivity index (χ0) is 12.8. The van der Waals surface area contributed by atoms with Gasteiger partial charge in [0.25, 0.3) is 0 Å². The number of carbonyl (C=O) groups excluding carboxylic acids is 1. The molecule has 0 aromatic rings. The molecule has 0 spiro atoms. The van der Waals surface area contributed by atoms with E-state index in [0.717, 1.165) is 6.42 Å². The van der Waals surface area contributed by atoms with Crippen LogP contribution in [0.4, 0.5) is 0 Å². The molecule has 0 fully saturated rings. The van der Waals surface area contributed by atoms with Gasteiger partial charge in [0.15, 0.2) is 0 Å². The summed E-state index contributed by atoms with van der Waals surface area (Å²) in [5.74, 6) is 0.583. The lowest BCUT2D eigenvalue weighted by Gasteiger charge is -2.27. The van der Waals surface area contributed by atoms with Gasteiger partial charge in [-0.3, -0.25) is 10.1 Å². The molecular weight excluding hydrogens is 204 g/mol. The summed E-state index contributed by atoms with van der Waals surface area (Å²) in [6.07, 6.45) is 0.988. The molecule has 1 atom stereocenters. The summed E-state index contributed by atoms with van der Waals surface area (Å²) >= 11 is 0. The Balaban J connectivity index is 3.91. The Hall–Kier alpha value is -0.610. The molecular formula is C12H26N2O2. The fraction of sp³-hybridized carbons (Fsp3) is 0.917. The van der Waals surface area contributed by atoms with Crippen LogP contribution in [0.15, 0.2) is 0 Å². The minimum atomic E-state index is -0.422. The van der Waals surface area contributed by atoms with E-state index >= 15 is 0 Å². The minimum absolute atomic E-state index is 0.0105. The third-order valence-electron chi connectivity index (χ3n) is 2.42. The van der Waals surface area contributed by atoms with E-state index in [1.807, 2.05) is 20.8 Å². The molecule has 0 aliphatic rings. The highest BCUT2D eigenvalue weighted by atomic mass is 16.3. The minimum Gasteiger partial charge on any atom is -0.394 e. The summed E-state index contributed by atoms with van der Waals surface area (Å²) in [4.78, 5) is 11.7. The van der Waals surface area contributed by atoms with E-state index < -0.39 is 5.54 Å². The average molecular weight is 230 g/mol. The van der Waals surface area contributed by atoms with Crippen molar-refractivity contribution in [1.29, 1.82) is 0 Å². The lowest BCUT2D eigenvalue weighted by Crippen LogP contribution is -2.53. The molecule has 0 bridgehead atoms. The van der Waals surface area contributed by atoms with Crippen LogP contribution in [0.1, 0.15) is 41.0 Å². The number of hydrogen-bond donors (Lipinski definition) is 3. The van der Waals surface area contributed by atoms with E-state index in [9.17, 15) is 4.79 Å². The van der Waals surface area contributed by atoms with Gasteiger partial charge in [-0.15, -0.1) is 0 Å². The second kappa shape index (κ2) is 6.86. The van der Waals surface area contributed by atoms with Crippen molar-refractivity contribution in [2.45, 2.75) is 52.6 Å². The number of rotatable bonds is 7. The molecule has 0 aromatic carbocycles. The van der Waals surface area contributed by atoms with Crippen LogP contribution in [0.5, 0.6) is 0 Å². The summed E-state index contributed by atoms with van der Waals surface area (Å²) in [6.45, 7) is 10.5. The third kappa shape index (κ3) is 6.80. The van der Waals surface area contributed by atoms with Crippen molar-refractivity contribution in [2.75, 3.05) is 13.2 Å². The van der Waals surface area contributed by atoms with Crippen LogP contribution < -0.4 is 10.6 Å². The van der Waals surface area contributed by atoms with E-state index in [0.29, 0.717) is 12.5 Å². The van der Waals surface area contributed by atoms with Crippen molar-refractivity contribution in [3.8, 4) is 0 Å². The standard InChI is InChI=1S/C12H26N2O2/c1-9(2)6-7-13-11(16)10(3)14-12(4,5)8-15/h9-10,14-15H,6-8H2,1-5H3,(H,13,16). The fourth-order valence-electron chi connectivity index (χ4n) is 1.33. The second-order valence-electron chi connectivity index (χ2n) is 5.38. The summed E-state index contributed by atoms with van der Waals surface area (Å²) in [5, 5.41) is 15.0. The Bertz CT molecular complexity index is 215. The van der Waals surface area contributed by atoms with Crippen molar-refractivity contribution >= 4 is 5.91 Å². The lowest BCUT2D eigenvalue weighted by molar-refractivity contribution is -0.123. The van der Waals surface area contributed by atoms with E-state index in [-0.39, 0.29) is 18.6 Å². The molecule has 0 aliphatic heterocycles. The molecule has 0 aromatic heterocycles. The van der Waals surface area contributed by atoms with Gasteiger partial charge in [-0.05, 0) is 33.1 Å².